The third-order valence-corrected chi connectivity index (χ3v) is 2.68. The Morgan fingerprint density at radius 3 is 3.00 bits per heavy atom. The van der Waals surface area contributed by atoms with Crippen LogP contribution < -0.4 is 0 Å². The summed E-state index contributed by atoms with van der Waals surface area (Å²) in [5.74, 6) is 0. The Hall–Kier alpha value is -1.47. The van der Waals surface area contributed by atoms with Crippen molar-refractivity contribution in [3.63, 3.8) is 0 Å². The lowest BCUT2D eigenvalue weighted by Gasteiger charge is -1.92. The quantitative estimate of drug-likeness (QED) is 0.690. The highest BCUT2D eigenvalue weighted by molar-refractivity contribution is 7.18. The van der Waals surface area contributed by atoms with E-state index in [9.17, 15) is 0 Å². The molecule has 0 aliphatic heterocycles. The van der Waals surface area contributed by atoms with E-state index in [0.717, 1.165) is 16.8 Å². The Balaban J connectivity index is 2.65. The number of pyridine rings is 1. The van der Waals surface area contributed by atoms with Gasteiger partial charge in [-0.25, -0.2) is 9.97 Å². The molecule has 2 aromatic rings. The highest BCUT2D eigenvalue weighted by Gasteiger charge is 2.03. The molecule has 0 atom stereocenters. The number of aryl methyl sites for hydroxylation is 1. The largest absolute Gasteiger partial charge is 0.232 e. The highest BCUT2D eigenvalue weighted by Crippen LogP contribution is 2.19. The summed E-state index contributed by atoms with van der Waals surface area (Å²) in [6, 6.07) is 5.97. The predicted molar refractivity (Wildman–Crippen MR) is 51.5 cm³/mol. The summed E-state index contributed by atoms with van der Waals surface area (Å²) in [5.41, 5.74) is 1.71. The van der Waals surface area contributed by atoms with E-state index < -0.39 is 0 Å². The van der Waals surface area contributed by atoms with Gasteiger partial charge in [-0.15, -0.1) is 11.3 Å². The van der Waals surface area contributed by atoms with E-state index in [4.69, 9.17) is 5.26 Å². The Bertz CT molecular complexity index is 481. The zero-order valence-electron chi connectivity index (χ0n) is 7.11. The van der Waals surface area contributed by atoms with Crippen molar-refractivity contribution in [2.45, 2.75) is 13.3 Å². The lowest BCUT2D eigenvalue weighted by atomic mass is 10.3. The van der Waals surface area contributed by atoms with Gasteiger partial charge in [-0.3, -0.25) is 0 Å². The third kappa shape index (κ3) is 1.38. The first kappa shape index (κ1) is 8.14. The molecule has 0 spiro atoms. The van der Waals surface area contributed by atoms with Crippen molar-refractivity contribution < 1.29 is 0 Å². The van der Waals surface area contributed by atoms with E-state index in [-0.39, 0.29) is 0 Å². The molecule has 64 valence electrons. The molecule has 0 fully saturated rings. The molecule has 3 nitrogen and oxygen atoms in total. The fourth-order valence-corrected chi connectivity index (χ4v) is 1.81. The first-order valence-corrected chi connectivity index (χ1v) is 4.81. The van der Waals surface area contributed by atoms with Crippen LogP contribution in [0.3, 0.4) is 0 Å². The zero-order valence-corrected chi connectivity index (χ0v) is 7.93. The predicted octanol–water partition coefficient (Wildman–Crippen LogP) is 2.13. The minimum absolute atomic E-state index is 0.482. The summed E-state index contributed by atoms with van der Waals surface area (Å²) in [6.07, 6.45) is 0.898. The number of hydrogen-bond acceptors (Lipinski definition) is 4. The monoisotopic (exact) mass is 189 g/mol. The maximum absolute atomic E-state index is 8.64. The summed E-state index contributed by atoms with van der Waals surface area (Å²) in [4.78, 5) is 8.40. The van der Waals surface area contributed by atoms with E-state index in [2.05, 4.69) is 9.97 Å². The van der Waals surface area contributed by atoms with Crippen molar-refractivity contribution in [1.82, 2.24) is 9.97 Å². The smallest absolute Gasteiger partial charge is 0.197 e. The van der Waals surface area contributed by atoms with Crippen LogP contribution in [0, 0.1) is 11.3 Å². The molecule has 0 saturated carbocycles. The van der Waals surface area contributed by atoms with Crippen LogP contribution in [0.1, 0.15) is 17.6 Å². The molecule has 0 bridgehead atoms. The molecule has 0 aliphatic carbocycles. The molecule has 0 aromatic carbocycles. The number of aromatic nitrogens is 2. The van der Waals surface area contributed by atoms with Crippen LogP contribution in [0.25, 0.3) is 10.3 Å². The molecule has 0 amide bonds. The third-order valence-electron chi connectivity index (χ3n) is 1.77. The van der Waals surface area contributed by atoms with E-state index in [0.29, 0.717) is 10.7 Å². The first-order valence-electron chi connectivity index (χ1n) is 4.00. The van der Waals surface area contributed by atoms with Gasteiger partial charge in [-0.05, 0) is 18.6 Å². The van der Waals surface area contributed by atoms with Gasteiger partial charge >= 0.3 is 0 Å². The maximum Gasteiger partial charge on any atom is 0.197 e. The van der Waals surface area contributed by atoms with Crippen LogP contribution in [-0.4, -0.2) is 9.97 Å². The van der Waals surface area contributed by atoms with Crippen LogP contribution in [0.4, 0.5) is 0 Å². The second kappa shape index (κ2) is 3.11. The van der Waals surface area contributed by atoms with Crippen molar-refractivity contribution >= 4 is 21.7 Å². The fourth-order valence-electron chi connectivity index (χ4n) is 1.10. The van der Waals surface area contributed by atoms with Gasteiger partial charge in [0.2, 0.25) is 0 Å². The topological polar surface area (TPSA) is 49.6 Å². The van der Waals surface area contributed by atoms with Crippen molar-refractivity contribution in [3.8, 4) is 6.07 Å². The number of rotatable bonds is 1. The van der Waals surface area contributed by atoms with E-state index in [1.165, 1.54) is 11.3 Å². The lowest BCUT2D eigenvalue weighted by molar-refractivity contribution is 1.05. The Morgan fingerprint density at radius 2 is 2.31 bits per heavy atom. The number of hydrogen-bond donors (Lipinski definition) is 0. The van der Waals surface area contributed by atoms with Crippen molar-refractivity contribution in [1.29, 1.82) is 5.26 Å². The zero-order chi connectivity index (χ0) is 9.26. The van der Waals surface area contributed by atoms with Gasteiger partial charge in [0, 0.05) is 5.69 Å². The molecule has 0 saturated heterocycles. The average Bonchev–Trinajstić information content (AvgIpc) is 2.58. The molecule has 0 N–H and O–H groups in total. The Labute approximate surface area is 79.7 Å². The standard InChI is InChI=1S/C9H7N3S/c1-2-6-3-4-7-9(11-6)12-8(5-10)13-7/h3-4H,2H2,1H3. The second-order valence-electron chi connectivity index (χ2n) is 2.61. The van der Waals surface area contributed by atoms with Gasteiger partial charge in [0.05, 0.1) is 4.70 Å². The van der Waals surface area contributed by atoms with Gasteiger partial charge in [0.1, 0.15) is 6.07 Å². The second-order valence-corrected chi connectivity index (χ2v) is 3.64. The van der Waals surface area contributed by atoms with Gasteiger partial charge in [0.15, 0.2) is 10.7 Å². The first-order chi connectivity index (χ1) is 6.33. The lowest BCUT2D eigenvalue weighted by Crippen LogP contribution is -1.85. The van der Waals surface area contributed by atoms with E-state index >= 15 is 0 Å². The summed E-state index contributed by atoms with van der Waals surface area (Å²) in [5, 5.41) is 9.12. The summed E-state index contributed by atoms with van der Waals surface area (Å²) < 4.78 is 0.980. The Kier molecular flexibility index (Phi) is 1.95. The molecule has 4 heteroatoms. The number of thiazole rings is 1. The number of fused-ring (bicyclic) bond motifs is 1. The minimum atomic E-state index is 0.482. The number of nitrogens with zero attached hydrogens (tertiary/aromatic N) is 3. The summed E-state index contributed by atoms with van der Waals surface area (Å²) in [6.45, 7) is 2.05. The average molecular weight is 189 g/mol. The van der Waals surface area contributed by atoms with Crippen LogP contribution >= 0.6 is 11.3 Å². The molecule has 0 aliphatic rings. The molecular weight excluding hydrogens is 182 g/mol. The van der Waals surface area contributed by atoms with Crippen molar-refractivity contribution in [2.75, 3.05) is 0 Å². The SMILES string of the molecule is CCc1ccc2sc(C#N)nc2n1. The van der Waals surface area contributed by atoms with Crippen LogP contribution in [0.15, 0.2) is 12.1 Å². The molecule has 2 heterocycles. The Morgan fingerprint density at radius 1 is 1.46 bits per heavy atom. The van der Waals surface area contributed by atoms with E-state index in [1.807, 2.05) is 25.1 Å². The van der Waals surface area contributed by atoms with Gasteiger partial charge < -0.3 is 0 Å². The molecule has 0 radical (unpaired) electrons. The highest BCUT2D eigenvalue weighted by atomic mass is 32.1. The van der Waals surface area contributed by atoms with Crippen molar-refractivity contribution in [3.05, 3.63) is 22.8 Å². The molecular formula is C9H7N3S. The van der Waals surface area contributed by atoms with Crippen LogP contribution in [0.2, 0.25) is 0 Å². The molecule has 0 unspecified atom stereocenters. The van der Waals surface area contributed by atoms with Crippen LogP contribution in [-0.2, 0) is 6.42 Å². The molecule has 2 aromatic heterocycles. The van der Waals surface area contributed by atoms with Gasteiger partial charge in [-0.1, -0.05) is 6.92 Å². The van der Waals surface area contributed by atoms with Gasteiger partial charge in [0.25, 0.3) is 0 Å². The molecule has 2 rings (SSSR count). The summed E-state index contributed by atoms with van der Waals surface area (Å²) in [7, 11) is 0. The van der Waals surface area contributed by atoms with Crippen LogP contribution in [0.5, 0.6) is 0 Å². The van der Waals surface area contributed by atoms with Gasteiger partial charge in [-0.2, -0.15) is 5.26 Å². The van der Waals surface area contributed by atoms with Crippen molar-refractivity contribution in [2.24, 2.45) is 0 Å². The summed E-state index contributed by atoms with van der Waals surface area (Å²) >= 11 is 1.38. The van der Waals surface area contributed by atoms with E-state index in [1.54, 1.807) is 0 Å². The minimum Gasteiger partial charge on any atom is -0.232 e. The normalized spacial score (nSPS) is 10.2. The fraction of sp³-hybridized carbons (Fsp3) is 0.222. The molecule has 13 heavy (non-hydrogen) atoms. The maximum atomic E-state index is 8.64. The number of nitriles is 1.